The van der Waals surface area contributed by atoms with Gasteiger partial charge in [0, 0.05) is 0 Å². The van der Waals surface area contributed by atoms with Gasteiger partial charge < -0.3 is 0 Å². The largest absolute Gasteiger partial charge is 0.251 e. The van der Waals surface area contributed by atoms with Crippen molar-refractivity contribution in [3.8, 4) is 0 Å². The van der Waals surface area contributed by atoms with Crippen molar-refractivity contribution in [1.29, 1.82) is 0 Å². The van der Waals surface area contributed by atoms with Crippen molar-refractivity contribution < 1.29 is 0 Å². The minimum Gasteiger partial charge on any atom is -0.218 e. The lowest BCUT2D eigenvalue weighted by Gasteiger charge is -1.92. The molecule has 4 aromatic rings. The molecule has 3 heterocycles. The molecule has 0 saturated carbocycles. The van der Waals surface area contributed by atoms with Crippen LogP contribution < -0.4 is 0 Å². The van der Waals surface area contributed by atoms with E-state index in [1.165, 1.54) is 10.1 Å². The molecule has 0 aliphatic heterocycles. The van der Waals surface area contributed by atoms with Crippen LogP contribution in [0.2, 0.25) is 0 Å². The second-order valence-corrected chi connectivity index (χ2v) is 4.45. The van der Waals surface area contributed by atoms with Crippen molar-refractivity contribution in [2.75, 3.05) is 0 Å². The SMILES string of the molecule is c1cnn2c(n1)nc1c3sccc3ccc12. The first-order valence-electron chi connectivity index (χ1n) is 4.89. The number of imidazole rings is 1. The van der Waals surface area contributed by atoms with Crippen LogP contribution in [0.4, 0.5) is 0 Å². The molecule has 0 spiro atoms. The Morgan fingerprint density at radius 3 is 3.12 bits per heavy atom. The van der Waals surface area contributed by atoms with Gasteiger partial charge >= 0.3 is 0 Å². The van der Waals surface area contributed by atoms with Crippen molar-refractivity contribution in [3.63, 3.8) is 0 Å². The molecule has 76 valence electrons. The summed E-state index contributed by atoms with van der Waals surface area (Å²) in [7, 11) is 0. The summed E-state index contributed by atoms with van der Waals surface area (Å²) in [5.41, 5.74) is 2.00. The molecule has 5 heteroatoms. The van der Waals surface area contributed by atoms with E-state index in [1.807, 2.05) is 6.07 Å². The lowest BCUT2D eigenvalue weighted by atomic mass is 10.2. The number of nitrogens with zero attached hydrogens (tertiary/aromatic N) is 4. The molecule has 0 saturated heterocycles. The summed E-state index contributed by atoms with van der Waals surface area (Å²) < 4.78 is 2.97. The molecule has 1 aromatic carbocycles. The third-order valence-electron chi connectivity index (χ3n) is 2.64. The van der Waals surface area contributed by atoms with E-state index in [0.717, 1.165) is 11.0 Å². The molecule has 4 rings (SSSR count). The highest BCUT2D eigenvalue weighted by Crippen LogP contribution is 2.28. The predicted octanol–water partition coefficient (Wildman–Crippen LogP) is 2.49. The number of hydrogen-bond acceptors (Lipinski definition) is 4. The van der Waals surface area contributed by atoms with Gasteiger partial charge in [0.25, 0.3) is 5.78 Å². The average molecular weight is 226 g/mol. The van der Waals surface area contributed by atoms with Gasteiger partial charge in [-0.15, -0.1) is 11.3 Å². The highest BCUT2D eigenvalue weighted by molar-refractivity contribution is 7.18. The summed E-state index contributed by atoms with van der Waals surface area (Å²) in [6.45, 7) is 0. The van der Waals surface area contributed by atoms with Crippen LogP contribution in [0.1, 0.15) is 0 Å². The number of fused-ring (bicyclic) bond motifs is 5. The predicted molar refractivity (Wildman–Crippen MR) is 63.7 cm³/mol. The molecule has 0 radical (unpaired) electrons. The Morgan fingerprint density at radius 2 is 2.12 bits per heavy atom. The van der Waals surface area contributed by atoms with Gasteiger partial charge in [-0.25, -0.2) is 9.97 Å². The zero-order valence-electron chi connectivity index (χ0n) is 8.16. The zero-order chi connectivity index (χ0) is 10.5. The molecule has 0 atom stereocenters. The summed E-state index contributed by atoms with van der Waals surface area (Å²) in [6, 6.07) is 6.24. The number of hydrogen-bond donors (Lipinski definition) is 0. The summed E-state index contributed by atoms with van der Waals surface area (Å²) in [5, 5.41) is 7.56. The Kier molecular flexibility index (Phi) is 1.41. The quantitative estimate of drug-likeness (QED) is 0.462. The summed E-state index contributed by atoms with van der Waals surface area (Å²) in [5.74, 6) is 0.651. The molecule has 0 N–H and O–H groups in total. The van der Waals surface area contributed by atoms with E-state index >= 15 is 0 Å². The van der Waals surface area contributed by atoms with Crippen LogP contribution in [0.5, 0.6) is 0 Å². The van der Waals surface area contributed by atoms with Gasteiger partial charge in [0.2, 0.25) is 0 Å². The first kappa shape index (κ1) is 8.18. The second kappa shape index (κ2) is 2.76. The van der Waals surface area contributed by atoms with Crippen molar-refractivity contribution in [1.82, 2.24) is 19.6 Å². The summed E-state index contributed by atoms with van der Waals surface area (Å²) in [6.07, 6.45) is 3.33. The Hall–Kier alpha value is -2.01. The maximum atomic E-state index is 4.52. The number of benzene rings is 1. The Morgan fingerprint density at radius 1 is 1.12 bits per heavy atom. The van der Waals surface area contributed by atoms with E-state index in [1.54, 1.807) is 28.2 Å². The van der Waals surface area contributed by atoms with Gasteiger partial charge in [-0.2, -0.15) is 9.61 Å². The third kappa shape index (κ3) is 0.906. The van der Waals surface area contributed by atoms with Crippen molar-refractivity contribution in [2.24, 2.45) is 0 Å². The lowest BCUT2D eigenvalue weighted by molar-refractivity contribution is 0.927. The minimum absolute atomic E-state index is 0.651. The molecule has 16 heavy (non-hydrogen) atoms. The van der Waals surface area contributed by atoms with Gasteiger partial charge in [0.05, 0.1) is 22.6 Å². The van der Waals surface area contributed by atoms with E-state index in [-0.39, 0.29) is 0 Å². The topological polar surface area (TPSA) is 43.1 Å². The summed E-state index contributed by atoms with van der Waals surface area (Å²) in [4.78, 5) is 8.72. The Balaban J connectivity index is 2.38. The lowest BCUT2D eigenvalue weighted by Crippen LogP contribution is -1.91. The average Bonchev–Trinajstić information content (AvgIpc) is 2.92. The molecule has 4 nitrogen and oxygen atoms in total. The Bertz CT molecular complexity index is 814. The van der Waals surface area contributed by atoms with Gasteiger partial charge in [-0.3, -0.25) is 0 Å². The number of aromatic nitrogens is 4. The minimum atomic E-state index is 0.651. The zero-order valence-corrected chi connectivity index (χ0v) is 8.98. The van der Waals surface area contributed by atoms with Crippen LogP contribution >= 0.6 is 11.3 Å². The van der Waals surface area contributed by atoms with E-state index in [2.05, 4.69) is 32.6 Å². The standard InChI is InChI=1S/C11H6N4S/c1-2-8-9(10-7(1)3-6-16-10)14-11-12-4-5-13-15(8)11/h1-6H. The maximum absolute atomic E-state index is 4.52. The van der Waals surface area contributed by atoms with Crippen LogP contribution in [0.3, 0.4) is 0 Å². The second-order valence-electron chi connectivity index (χ2n) is 3.54. The molecular weight excluding hydrogens is 220 g/mol. The van der Waals surface area contributed by atoms with Crippen LogP contribution in [-0.2, 0) is 0 Å². The number of rotatable bonds is 0. The van der Waals surface area contributed by atoms with E-state index in [0.29, 0.717) is 5.78 Å². The van der Waals surface area contributed by atoms with E-state index in [9.17, 15) is 0 Å². The highest BCUT2D eigenvalue weighted by Gasteiger charge is 2.09. The van der Waals surface area contributed by atoms with Gasteiger partial charge in [0.15, 0.2) is 0 Å². The first-order chi connectivity index (χ1) is 7.93. The van der Waals surface area contributed by atoms with Crippen LogP contribution in [0.15, 0.2) is 36.0 Å². The van der Waals surface area contributed by atoms with Crippen molar-refractivity contribution in [2.45, 2.75) is 0 Å². The fraction of sp³-hybridized carbons (Fsp3) is 0. The van der Waals surface area contributed by atoms with Crippen LogP contribution in [0.25, 0.3) is 26.9 Å². The molecule has 0 amide bonds. The third-order valence-corrected chi connectivity index (χ3v) is 3.58. The van der Waals surface area contributed by atoms with Crippen molar-refractivity contribution >= 4 is 38.2 Å². The monoisotopic (exact) mass is 226 g/mol. The maximum Gasteiger partial charge on any atom is 0.251 e. The smallest absolute Gasteiger partial charge is 0.218 e. The fourth-order valence-electron chi connectivity index (χ4n) is 1.93. The van der Waals surface area contributed by atoms with E-state index in [4.69, 9.17) is 0 Å². The molecule has 0 unspecified atom stereocenters. The summed E-state index contributed by atoms with van der Waals surface area (Å²) >= 11 is 1.70. The Labute approximate surface area is 94.2 Å². The molecule has 0 aliphatic carbocycles. The fourth-order valence-corrected chi connectivity index (χ4v) is 2.82. The normalized spacial score (nSPS) is 11.8. The molecule has 3 aromatic heterocycles. The first-order valence-corrected chi connectivity index (χ1v) is 5.77. The molecule has 0 aliphatic rings. The molecular formula is C11H6N4S. The van der Waals surface area contributed by atoms with Gasteiger partial charge in [-0.05, 0) is 22.9 Å². The van der Waals surface area contributed by atoms with Gasteiger partial charge in [0.1, 0.15) is 5.52 Å². The van der Waals surface area contributed by atoms with Crippen molar-refractivity contribution in [3.05, 3.63) is 36.0 Å². The van der Waals surface area contributed by atoms with Gasteiger partial charge in [-0.1, -0.05) is 6.07 Å². The van der Waals surface area contributed by atoms with Crippen LogP contribution in [-0.4, -0.2) is 19.6 Å². The number of thiophene rings is 1. The molecule has 0 fully saturated rings. The van der Waals surface area contributed by atoms with Crippen LogP contribution in [0, 0.1) is 0 Å². The highest BCUT2D eigenvalue weighted by atomic mass is 32.1. The molecule has 0 bridgehead atoms. The van der Waals surface area contributed by atoms with E-state index < -0.39 is 0 Å².